The van der Waals surface area contributed by atoms with Gasteiger partial charge in [0.15, 0.2) is 5.65 Å². The summed E-state index contributed by atoms with van der Waals surface area (Å²) in [5.41, 5.74) is 0.133. The van der Waals surface area contributed by atoms with Crippen molar-refractivity contribution in [1.82, 2.24) is 14.8 Å². The van der Waals surface area contributed by atoms with E-state index < -0.39 is 17.6 Å². The average molecular weight is 348 g/mol. The monoisotopic (exact) mass is 348 g/mol. The first-order chi connectivity index (χ1) is 11.8. The van der Waals surface area contributed by atoms with Crippen molar-refractivity contribution < 1.29 is 18.0 Å². The number of aromatic nitrogens is 3. The number of pyridine rings is 1. The molecule has 0 unspecified atom stereocenters. The minimum atomic E-state index is -4.47. The molecule has 1 amide bonds. The molecule has 2 heterocycles. The Morgan fingerprint density at radius 3 is 2.64 bits per heavy atom. The van der Waals surface area contributed by atoms with E-state index in [0.717, 1.165) is 12.1 Å². The lowest BCUT2D eigenvalue weighted by molar-refractivity contribution is -0.137. The van der Waals surface area contributed by atoms with Gasteiger partial charge in [-0.15, -0.1) is 0 Å². The molecule has 0 spiro atoms. The molecule has 0 aliphatic rings. The Kier molecular flexibility index (Phi) is 4.20. The molecule has 5 nitrogen and oxygen atoms in total. The molecule has 3 aromatic rings. The van der Waals surface area contributed by atoms with Gasteiger partial charge in [-0.25, -0.2) is 9.67 Å². The molecular formula is C17H15F3N4O. The van der Waals surface area contributed by atoms with Gasteiger partial charge in [0.1, 0.15) is 0 Å². The molecule has 25 heavy (non-hydrogen) atoms. The molecule has 0 atom stereocenters. The van der Waals surface area contributed by atoms with Gasteiger partial charge in [0.25, 0.3) is 5.91 Å². The van der Waals surface area contributed by atoms with E-state index in [1.165, 1.54) is 18.3 Å². The maximum absolute atomic E-state index is 12.7. The molecule has 2 aromatic heterocycles. The SMILES string of the molecule is CC(C)n1ncc2cc(C(=O)Nc3cccc(C(F)(F)F)c3)cnc21. The molecule has 0 aliphatic carbocycles. The number of halogens is 3. The summed E-state index contributed by atoms with van der Waals surface area (Å²) < 4.78 is 39.9. The third-order valence-corrected chi connectivity index (χ3v) is 3.63. The molecule has 0 aliphatic heterocycles. The van der Waals surface area contributed by atoms with E-state index in [1.54, 1.807) is 16.9 Å². The van der Waals surface area contributed by atoms with Gasteiger partial charge in [-0.3, -0.25) is 4.79 Å². The number of rotatable bonds is 3. The zero-order valence-corrected chi connectivity index (χ0v) is 13.5. The summed E-state index contributed by atoms with van der Waals surface area (Å²) in [5, 5.41) is 7.36. The van der Waals surface area contributed by atoms with Gasteiger partial charge in [-0.2, -0.15) is 18.3 Å². The average Bonchev–Trinajstić information content (AvgIpc) is 2.97. The van der Waals surface area contributed by atoms with Crippen LogP contribution in [0.1, 0.15) is 35.8 Å². The number of fused-ring (bicyclic) bond motifs is 1. The predicted octanol–water partition coefficient (Wildman–Crippen LogP) is 4.28. The van der Waals surface area contributed by atoms with Gasteiger partial charge in [-0.05, 0) is 38.1 Å². The summed E-state index contributed by atoms with van der Waals surface area (Å²) in [6.07, 6.45) is -1.48. The number of benzene rings is 1. The fourth-order valence-corrected chi connectivity index (χ4v) is 2.42. The third-order valence-electron chi connectivity index (χ3n) is 3.63. The Balaban J connectivity index is 1.85. The highest BCUT2D eigenvalue weighted by molar-refractivity contribution is 6.05. The first-order valence-electron chi connectivity index (χ1n) is 7.57. The molecule has 0 radical (unpaired) electrons. The van der Waals surface area contributed by atoms with Crippen molar-refractivity contribution in [1.29, 1.82) is 0 Å². The maximum Gasteiger partial charge on any atom is 0.416 e. The number of carbonyl (C=O) groups is 1. The Hall–Kier alpha value is -2.90. The topological polar surface area (TPSA) is 59.8 Å². The lowest BCUT2D eigenvalue weighted by atomic mass is 10.1. The first-order valence-corrected chi connectivity index (χ1v) is 7.57. The van der Waals surface area contributed by atoms with Gasteiger partial charge >= 0.3 is 6.18 Å². The molecular weight excluding hydrogens is 333 g/mol. The first kappa shape index (κ1) is 16.9. The number of hydrogen-bond donors (Lipinski definition) is 1. The fourth-order valence-electron chi connectivity index (χ4n) is 2.42. The largest absolute Gasteiger partial charge is 0.416 e. The number of amides is 1. The summed E-state index contributed by atoms with van der Waals surface area (Å²) in [4.78, 5) is 16.5. The summed E-state index contributed by atoms with van der Waals surface area (Å²) in [7, 11) is 0. The van der Waals surface area contributed by atoms with E-state index in [4.69, 9.17) is 0 Å². The molecule has 1 aromatic carbocycles. The Morgan fingerprint density at radius 1 is 1.20 bits per heavy atom. The highest BCUT2D eigenvalue weighted by atomic mass is 19.4. The van der Waals surface area contributed by atoms with Crippen molar-refractivity contribution in [2.24, 2.45) is 0 Å². The van der Waals surface area contributed by atoms with Crippen molar-refractivity contribution in [2.75, 3.05) is 5.32 Å². The van der Waals surface area contributed by atoms with Crippen LogP contribution in [0.5, 0.6) is 0 Å². The van der Waals surface area contributed by atoms with Crippen LogP contribution >= 0.6 is 0 Å². The number of nitrogens with zero attached hydrogens (tertiary/aromatic N) is 3. The van der Waals surface area contributed by atoms with E-state index >= 15 is 0 Å². The molecule has 0 fully saturated rings. The highest BCUT2D eigenvalue weighted by Crippen LogP contribution is 2.30. The van der Waals surface area contributed by atoms with Crippen LogP contribution in [0.3, 0.4) is 0 Å². The molecule has 0 saturated carbocycles. The fraction of sp³-hybridized carbons (Fsp3) is 0.235. The zero-order chi connectivity index (χ0) is 18.2. The lowest BCUT2D eigenvalue weighted by Gasteiger charge is -2.10. The van der Waals surface area contributed by atoms with E-state index in [-0.39, 0.29) is 17.3 Å². The van der Waals surface area contributed by atoms with Crippen molar-refractivity contribution in [3.8, 4) is 0 Å². The van der Waals surface area contributed by atoms with Gasteiger partial charge in [0.2, 0.25) is 0 Å². The van der Waals surface area contributed by atoms with Crippen LogP contribution in [0, 0.1) is 0 Å². The van der Waals surface area contributed by atoms with E-state index in [0.29, 0.717) is 11.0 Å². The van der Waals surface area contributed by atoms with Crippen molar-refractivity contribution in [2.45, 2.75) is 26.1 Å². The summed E-state index contributed by atoms with van der Waals surface area (Å²) in [6.45, 7) is 3.92. The second-order valence-electron chi connectivity index (χ2n) is 5.85. The molecule has 1 N–H and O–H groups in total. The maximum atomic E-state index is 12.7. The van der Waals surface area contributed by atoms with Crippen LogP contribution in [0.15, 0.2) is 42.7 Å². The second-order valence-corrected chi connectivity index (χ2v) is 5.85. The van der Waals surface area contributed by atoms with Crippen LogP contribution in [0.4, 0.5) is 18.9 Å². The van der Waals surface area contributed by atoms with Crippen molar-refractivity contribution >= 4 is 22.6 Å². The Bertz CT molecular complexity index is 931. The minimum absolute atomic E-state index is 0.0674. The van der Waals surface area contributed by atoms with Crippen LogP contribution in [-0.4, -0.2) is 20.7 Å². The molecule has 8 heteroatoms. The Morgan fingerprint density at radius 2 is 1.96 bits per heavy atom. The highest BCUT2D eigenvalue weighted by Gasteiger charge is 2.30. The van der Waals surface area contributed by atoms with Gasteiger partial charge in [-0.1, -0.05) is 6.07 Å². The zero-order valence-electron chi connectivity index (χ0n) is 13.5. The summed E-state index contributed by atoms with van der Waals surface area (Å²) >= 11 is 0. The number of hydrogen-bond acceptors (Lipinski definition) is 3. The number of nitrogens with one attached hydrogen (secondary N) is 1. The summed E-state index contributed by atoms with van der Waals surface area (Å²) in [5.74, 6) is -0.536. The van der Waals surface area contributed by atoms with E-state index in [2.05, 4.69) is 15.4 Å². The molecule has 130 valence electrons. The molecule has 0 bridgehead atoms. The van der Waals surface area contributed by atoms with E-state index in [1.807, 2.05) is 13.8 Å². The van der Waals surface area contributed by atoms with Crippen LogP contribution in [0.25, 0.3) is 11.0 Å². The number of alkyl halides is 3. The van der Waals surface area contributed by atoms with Gasteiger partial charge in [0.05, 0.1) is 17.3 Å². The molecule has 0 saturated heterocycles. The van der Waals surface area contributed by atoms with Crippen molar-refractivity contribution in [3.63, 3.8) is 0 Å². The van der Waals surface area contributed by atoms with Gasteiger partial charge in [0, 0.05) is 23.3 Å². The molecule has 3 rings (SSSR count). The van der Waals surface area contributed by atoms with Gasteiger partial charge < -0.3 is 5.32 Å². The Labute approximate surface area is 141 Å². The smallest absolute Gasteiger partial charge is 0.322 e. The summed E-state index contributed by atoms with van der Waals surface area (Å²) in [6, 6.07) is 6.21. The quantitative estimate of drug-likeness (QED) is 0.768. The normalized spacial score (nSPS) is 11.9. The van der Waals surface area contributed by atoms with Crippen molar-refractivity contribution in [3.05, 3.63) is 53.9 Å². The number of carbonyl (C=O) groups excluding carboxylic acids is 1. The number of anilines is 1. The predicted molar refractivity (Wildman–Crippen MR) is 87.3 cm³/mol. The minimum Gasteiger partial charge on any atom is -0.322 e. The van der Waals surface area contributed by atoms with E-state index in [9.17, 15) is 18.0 Å². The third kappa shape index (κ3) is 3.47. The van der Waals surface area contributed by atoms with Crippen LogP contribution in [0.2, 0.25) is 0 Å². The second kappa shape index (κ2) is 6.19. The lowest BCUT2D eigenvalue weighted by Crippen LogP contribution is -2.13. The van der Waals surface area contributed by atoms with Crippen LogP contribution in [-0.2, 0) is 6.18 Å². The standard InChI is InChI=1S/C17H15F3N4O/c1-10(2)24-15-11(9-22-24)6-12(8-21-15)16(25)23-14-5-3-4-13(7-14)17(18,19)20/h3-10H,1-2H3,(H,23,25). The van der Waals surface area contributed by atoms with Crippen LogP contribution < -0.4 is 5.32 Å².